The predicted octanol–water partition coefficient (Wildman–Crippen LogP) is 2.21. The van der Waals surface area contributed by atoms with Gasteiger partial charge >= 0.3 is 0 Å². The van der Waals surface area contributed by atoms with Crippen LogP contribution in [-0.4, -0.2) is 60.9 Å². The molecule has 0 spiro atoms. The number of rotatable bonds is 6. The van der Waals surface area contributed by atoms with Crippen molar-refractivity contribution in [3.8, 4) is 11.5 Å². The van der Waals surface area contributed by atoms with Crippen molar-refractivity contribution in [2.45, 2.75) is 29.2 Å². The number of para-hydroxylation sites is 1. The molecular formula is C23H21N5O5S. The van der Waals surface area contributed by atoms with Crippen LogP contribution in [0.25, 0.3) is 22.4 Å². The molecule has 0 radical (unpaired) electrons. The van der Waals surface area contributed by atoms with Crippen molar-refractivity contribution in [3.63, 3.8) is 0 Å². The fraction of sp³-hybridized carbons (Fsp3) is 0.261. The molecule has 0 aliphatic carbocycles. The van der Waals surface area contributed by atoms with Crippen molar-refractivity contribution in [2.24, 2.45) is 0 Å². The number of benzene rings is 1. The highest BCUT2D eigenvalue weighted by molar-refractivity contribution is 7.89. The molecule has 5 heterocycles. The summed E-state index contributed by atoms with van der Waals surface area (Å²) in [5, 5.41) is 4.01. The molecule has 6 rings (SSSR count). The third-order valence-electron chi connectivity index (χ3n) is 5.99. The number of fused-ring (bicyclic) bond motifs is 2. The zero-order valence-electron chi connectivity index (χ0n) is 17.9. The summed E-state index contributed by atoms with van der Waals surface area (Å²) >= 11 is 0. The molecule has 2 fully saturated rings. The van der Waals surface area contributed by atoms with Gasteiger partial charge in [0.15, 0.2) is 5.76 Å². The predicted molar refractivity (Wildman–Crippen MR) is 122 cm³/mol. The molecule has 0 amide bonds. The Morgan fingerprint density at radius 1 is 0.882 bits per heavy atom. The largest absolute Gasteiger partial charge is 0.463 e. The molecule has 11 heteroatoms. The first-order valence-corrected chi connectivity index (χ1v) is 12.3. The van der Waals surface area contributed by atoms with Gasteiger partial charge in [-0.1, -0.05) is 18.2 Å². The Bertz CT molecular complexity index is 1420. The number of aromatic nitrogens is 3. The number of hydrogen-bond acceptors (Lipinski definition) is 9. The van der Waals surface area contributed by atoms with E-state index in [1.807, 2.05) is 18.2 Å². The van der Waals surface area contributed by atoms with Gasteiger partial charge in [-0.3, -0.25) is 4.98 Å². The molecule has 2 saturated heterocycles. The minimum atomic E-state index is -3.84. The van der Waals surface area contributed by atoms with Crippen molar-refractivity contribution >= 4 is 26.9 Å². The first kappa shape index (κ1) is 21.2. The third-order valence-corrected chi connectivity index (χ3v) is 7.51. The average molecular weight is 480 g/mol. The summed E-state index contributed by atoms with van der Waals surface area (Å²) in [4.78, 5) is 13.2. The van der Waals surface area contributed by atoms with E-state index in [1.54, 1.807) is 49.0 Å². The minimum absolute atomic E-state index is 0.130. The number of anilines is 1. The third kappa shape index (κ3) is 3.82. The van der Waals surface area contributed by atoms with Crippen molar-refractivity contribution in [1.29, 1.82) is 0 Å². The van der Waals surface area contributed by atoms with E-state index in [0.717, 1.165) is 5.39 Å². The van der Waals surface area contributed by atoms with Gasteiger partial charge in [0, 0.05) is 17.8 Å². The number of pyridine rings is 1. The van der Waals surface area contributed by atoms with Crippen LogP contribution in [0.1, 0.15) is 0 Å². The lowest BCUT2D eigenvalue weighted by molar-refractivity contribution is 0.0690. The molecule has 10 nitrogen and oxygen atoms in total. The number of hydrogen-bond donors (Lipinski definition) is 2. The number of nitrogens with zero attached hydrogens (tertiary/aromatic N) is 3. The summed E-state index contributed by atoms with van der Waals surface area (Å²) in [7, 11) is -3.84. The van der Waals surface area contributed by atoms with E-state index in [2.05, 4.69) is 25.0 Å². The summed E-state index contributed by atoms with van der Waals surface area (Å²) in [6, 6.07) is 13.3. The number of sulfonamides is 1. The van der Waals surface area contributed by atoms with E-state index in [0.29, 0.717) is 29.5 Å². The highest BCUT2D eigenvalue weighted by atomic mass is 32.2. The van der Waals surface area contributed by atoms with Crippen LogP contribution < -0.4 is 10.0 Å². The molecule has 34 heavy (non-hydrogen) atoms. The van der Waals surface area contributed by atoms with Gasteiger partial charge in [0.05, 0.1) is 37.1 Å². The van der Waals surface area contributed by atoms with E-state index in [-0.39, 0.29) is 23.6 Å². The van der Waals surface area contributed by atoms with E-state index >= 15 is 0 Å². The zero-order valence-corrected chi connectivity index (χ0v) is 18.7. The molecule has 174 valence electrons. The van der Waals surface area contributed by atoms with Crippen LogP contribution in [0.4, 0.5) is 5.95 Å². The smallest absolute Gasteiger partial charge is 0.243 e. The van der Waals surface area contributed by atoms with Crippen LogP contribution in [0.5, 0.6) is 0 Å². The Morgan fingerprint density at radius 3 is 2.56 bits per heavy atom. The molecule has 4 aromatic rings. The SMILES string of the molecule is O=S(=O)(NC1COC2C(Nc3nccc(-c4ccco4)n3)COC12)c1cccc2cccnc12. The Hall–Kier alpha value is -3.38. The maximum Gasteiger partial charge on any atom is 0.243 e. The lowest BCUT2D eigenvalue weighted by atomic mass is 10.1. The van der Waals surface area contributed by atoms with E-state index in [9.17, 15) is 8.42 Å². The normalized spacial score (nSPS) is 24.4. The zero-order chi connectivity index (χ0) is 23.1. The summed E-state index contributed by atoms with van der Waals surface area (Å²) in [6.45, 7) is 0.524. The highest BCUT2D eigenvalue weighted by Crippen LogP contribution is 2.30. The average Bonchev–Trinajstić information content (AvgIpc) is 3.60. The second-order valence-corrected chi connectivity index (χ2v) is 9.83. The molecule has 0 saturated carbocycles. The van der Waals surface area contributed by atoms with E-state index in [4.69, 9.17) is 13.9 Å². The van der Waals surface area contributed by atoms with E-state index in [1.165, 1.54) is 0 Å². The maximum absolute atomic E-state index is 13.2. The number of nitrogens with one attached hydrogen (secondary N) is 2. The van der Waals surface area contributed by atoms with Gasteiger partial charge in [-0.2, -0.15) is 0 Å². The Kier molecular flexibility index (Phi) is 5.26. The van der Waals surface area contributed by atoms with Crippen LogP contribution in [-0.2, 0) is 19.5 Å². The second kappa shape index (κ2) is 8.44. The molecular weight excluding hydrogens is 458 g/mol. The number of furan rings is 1. The number of ether oxygens (including phenoxy) is 2. The molecule has 3 aromatic heterocycles. The standard InChI is InChI=1S/C23H21N5O5S/c29-34(30,19-7-1-4-14-5-2-9-24-20(14)19)28-17-13-33-21-16(12-32-22(17)21)27-23-25-10-8-15(26-23)18-6-3-11-31-18/h1-11,16-17,21-22,28H,12-13H2,(H,25,26,27). The van der Waals surface area contributed by atoms with Gasteiger partial charge in [-0.15, -0.1) is 0 Å². The molecule has 2 aliphatic heterocycles. The quantitative estimate of drug-likeness (QED) is 0.428. The first-order chi connectivity index (χ1) is 16.6. The molecule has 2 aliphatic rings. The van der Waals surface area contributed by atoms with Gasteiger partial charge in [0.1, 0.15) is 22.8 Å². The Balaban J connectivity index is 1.17. The molecule has 1 aromatic carbocycles. The van der Waals surface area contributed by atoms with Gasteiger partial charge in [0.25, 0.3) is 0 Å². The summed E-state index contributed by atoms with van der Waals surface area (Å²) in [5.41, 5.74) is 1.08. The van der Waals surface area contributed by atoms with Crippen LogP contribution in [0.15, 0.2) is 76.5 Å². The van der Waals surface area contributed by atoms with Gasteiger partial charge < -0.3 is 19.2 Å². The monoisotopic (exact) mass is 479 g/mol. The van der Waals surface area contributed by atoms with Crippen molar-refractivity contribution in [3.05, 3.63) is 67.2 Å². The van der Waals surface area contributed by atoms with Gasteiger partial charge in [-0.25, -0.2) is 23.1 Å². The lowest BCUT2D eigenvalue weighted by Crippen LogP contribution is -2.44. The lowest BCUT2D eigenvalue weighted by Gasteiger charge is -2.19. The van der Waals surface area contributed by atoms with Crippen LogP contribution in [0.3, 0.4) is 0 Å². The van der Waals surface area contributed by atoms with Crippen molar-refractivity contribution in [1.82, 2.24) is 19.7 Å². The van der Waals surface area contributed by atoms with E-state index < -0.39 is 22.2 Å². The maximum atomic E-state index is 13.2. The van der Waals surface area contributed by atoms with Crippen molar-refractivity contribution < 1.29 is 22.3 Å². The van der Waals surface area contributed by atoms with Crippen LogP contribution >= 0.6 is 0 Å². The van der Waals surface area contributed by atoms with Gasteiger partial charge in [0.2, 0.25) is 16.0 Å². The van der Waals surface area contributed by atoms with Crippen LogP contribution in [0, 0.1) is 0 Å². The first-order valence-electron chi connectivity index (χ1n) is 10.8. The molecule has 4 unspecified atom stereocenters. The Morgan fingerprint density at radius 2 is 1.71 bits per heavy atom. The molecule has 2 N–H and O–H groups in total. The topological polar surface area (TPSA) is 128 Å². The Labute approximate surface area is 195 Å². The fourth-order valence-corrected chi connectivity index (χ4v) is 5.85. The minimum Gasteiger partial charge on any atom is -0.463 e. The second-order valence-electron chi connectivity index (χ2n) is 8.15. The fourth-order valence-electron chi connectivity index (χ4n) is 4.44. The summed E-state index contributed by atoms with van der Waals surface area (Å²) < 4.78 is 46.5. The van der Waals surface area contributed by atoms with Crippen molar-refractivity contribution in [2.75, 3.05) is 18.5 Å². The van der Waals surface area contributed by atoms with Crippen LogP contribution in [0.2, 0.25) is 0 Å². The molecule has 4 atom stereocenters. The summed E-state index contributed by atoms with van der Waals surface area (Å²) in [6.07, 6.45) is 4.01. The molecule has 0 bridgehead atoms. The highest BCUT2D eigenvalue weighted by Gasteiger charge is 2.49. The summed E-state index contributed by atoms with van der Waals surface area (Å²) in [5.74, 6) is 1.05. The van der Waals surface area contributed by atoms with Gasteiger partial charge in [-0.05, 0) is 30.3 Å².